The van der Waals surface area contributed by atoms with E-state index in [9.17, 15) is 23.1 Å². The molecule has 0 heterocycles. The molecular formula is C15H11ClF3NO2. The minimum atomic E-state index is -4.46. The van der Waals surface area contributed by atoms with Crippen molar-refractivity contribution in [2.45, 2.75) is 12.6 Å². The first-order valence-corrected chi connectivity index (χ1v) is 6.58. The molecule has 22 heavy (non-hydrogen) atoms. The minimum Gasteiger partial charge on any atom is -0.506 e. The molecule has 3 nitrogen and oxygen atoms in total. The minimum absolute atomic E-state index is 0.101. The predicted molar refractivity (Wildman–Crippen MR) is 76.9 cm³/mol. The van der Waals surface area contributed by atoms with E-state index < -0.39 is 17.6 Å². The number of carbonyl (C=O) groups excluding carboxylic acids is 1. The van der Waals surface area contributed by atoms with Crippen molar-refractivity contribution in [1.82, 2.24) is 0 Å². The fourth-order valence-corrected chi connectivity index (χ4v) is 2.02. The van der Waals surface area contributed by atoms with E-state index in [2.05, 4.69) is 5.32 Å². The van der Waals surface area contributed by atoms with E-state index >= 15 is 0 Å². The molecule has 2 rings (SSSR count). The predicted octanol–water partition coefficient (Wildman–Crippen LogP) is 4.25. The highest BCUT2D eigenvalue weighted by atomic mass is 35.5. The second-order valence-electron chi connectivity index (χ2n) is 4.58. The van der Waals surface area contributed by atoms with E-state index in [0.717, 1.165) is 12.1 Å². The van der Waals surface area contributed by atoms with Gasteiger partial charge in [-0.1, -0.05) is 29.8 Å². The van der Waals surface area contributed by atoms with Crippen LogP contribution in [0.25, 0.3) is 0 Å². The Labute approximate surface area is 129 Å². The summed E-state index contributed by atoms with van der Waals surface area (Å²) in [7, 11) is 0. The fraction of sp³-hybridized carbons (Fsp3) is 0.133. The molecule has 2 aromatic carbocycles. The molecule has 2 N–H and O–H groups in total. The number of aromatic hydroxyl groups is 1. The third kappa shape index (κ3) is 4.14. The van der Waals surface area contributed by atoms with Crippen molar-refractivity contribution in [3.63, 3.8) is 0 Å². The van der Waals surface area contributed by atoms with Gasteiger partial charge in [-0.3, -0.25) is 4.79 Å². The lowest BCUT2D eigenvalue weighted by molar-refractivity contribution is -0.137. The number of phenols is 1. The molecule has 0 unspecified atom stereocenters. The van der Waals surface area contributed by atoms with E-state index in [4.69, 9.17) is 11.6 Å². The molecule has 7 heteroatoms. The van der Waals surface area contributed by atoms with Crippen LogP contribution in [0, 0.1) is 0 Å². The second kappa shape index (κ2) is 6.27. The van der Waals surface area contributed by atoms with Crippen LogP contribution in [0.3, 0.4) is 0 Å². The average Bonchev–Trinajstić information content (AvgIpc) is 2.42. The number of benzene rings is 2. The molecule has 0 aliphatic carbocycles. The lowest BCUT2D eigenvalue weighted by Gasteiger charge is -2.10. The Morgan fingerprint density at radius 2 is 1.91 bits per heavy atom. The van der Waals surface area contributed by atoms with Gasteiger partial charge in [-0.05, 0) is 29.8 Å². The maximum absolute atomic E-state index is 12.6. The van der Waals surface area contributed by atoms with Gasteiger partial charge in [0.2, 0.25) is 5.91 Å². The van der Waals surface area contributed by atoms with Crippen LogP contribution in [0.4, 0.5) is 18.9 Å². The first-order chi connectivity index (χ1) is 10.3. The van der Waals surface area contributed by atoms with E-state index in [1.54, 1.807) is 0 Å². The number of rotatable bonds is 3. The van der Waals surface area contributed by atoms with Gasteiger partial charge in [0.1, 0.15) is 5.75 Å². The van der Waals surface area contributed by atoms with E-state index in [1.807, 2.05) is 0 Å². The van der Waals surface area contributed by atoms with Crippen molar-refractivity contribution < 1.29 is 23.1 Å². The summed E-state index contributed by atoms with van der Waals surface area (Å²) < 4.78 is 37.8. The van der Waals surface area contributed by atoms with Crippen LogP contribution < -0.4 is 5.32 Å². The van der Waals surface area contributed by atoms with Gasteiger partial charge in [0.15, 0.2) is 0 Å². The standard InChI is InChI=1S/C15H11ClF3NO2/c16-11-4-5-13(21)12(8-11)20-14(22)7-9-2-1-3-10(6-9)15(17,18)19/h1-6,8,21H,7H2,(H,20,22). The molecule has 0 saturated heterocycles. The van der Waals surface area contributed by atoms with Crippen LogP contribution in [-0.2, 0) is 17.4 Å². The van der Waals surface area contributed by atoms with Crippen molar-refractivity contribution in [3.8, 4) is 5.75 Å². The van der Waals surface area contributed by atoms with E-state index in [0.29, 0.717) is 5.02 Å². The van der Waals surface area contributed by atoms with Crippen molar-refractivity contribution in [2.24, 2.45) is 0 Å². The number of hydrogen-bond donors (Lipinski definition) is 2. The maximum atomic E-state index is 12.6. The molecule has 0 aliphatic rings. The molecule has 2 aromatic rings. The van der Waals surface area contributed by atoms with Crippen LogP contribution in [0.15, 0.2) is 42.5 Å². The first-order valence-electron chi connectivity index (χ1n) is 6.20. The van der Waals surface area contributed by atoms with Crippen molar-refractivity contribution in [3.05, 3.63) is 58.6 Å². The summed E-state index contributed by atoms with van der Waals surface area (Å²) in [6.07, 6.45) is -4.71. The molecular weight excluding hydrogens is 319 g/mol. The Morgan fingerprint density at radius 3 is 2.59 bits per heavy atom. The highest BCUT2D eigenvalue weighted by Gasteiger charge is 2.30. The van der Waals surface area contributed by atoms with Crippen LogP contribution in [-0.4, -0.2) is 11.0 Å². The topological polar surface area (TPSA) is 49.3 Å². The van der Waals surface area contributed by atoms with Gasteiger partial charge in [-0.15, -0.1) is 0 Å². The lowest BCUT2D eigenvalue weighted by Crippen LogP contribution is -2.15. The smallest absolute Gasteiger partial charge is 0.416 e. The maximum Gasteiger partial charge on any atom is 0.416 e. The Bertz CT molecular complexity index is 701. The molecule has 1 amide bonds. The molecule has 0 aliphatic heterocycles. The summed E-state index contributed by atoms with van der Waals surface area (Å²) in [6.45, 7) is 0. The SMILES string of the molecule is O=C(Cc1cccc(C(F)(F)F)c1)Nc1cc(Cl)ccc1O. The summed E-state index contributed by atoms with van der Waals surface area (Å²) in [6, 6.07) is 8.61. The normalized spacial score (nSPS) is 11.3. The average molecular weight is 330 g/mol. The molecule has 0 atom stereocenters. The second-order valence-corrected chi connectivity index (χ2v) is 5.02. The summed E-state index contributed by atoms with van der Waals surface area (Å²) in [5, 5.41) is 12.3. The fourth-order valence-electron chi connectivity index (χ4n) is 1.85. The largest absolute Gasteiger partial charge is 0.506 e. The summed E-state index contributed by atoms with van der Waals surface area (Å²) in [4.78, 5) is 11.9. The molecule has 0 radical (unpaired) electrons. The molecule has 116 valence electrons. The monoisotopic (exact) mass is 329 g/mol. The molecule has 0 bridgehead atoms. The van der Waals surface area contributed by atoms with Gasteiger partial charge in [0.05, 0.1) is 17.7 Å². The van der Waals surface area contributed by atoms with Crippen LogP contribution in [0.2, 0.25) is 5.02 Å². The van der Waals surface area contributed by atoms with Gasteiger partial charge >= 0.3 is 6.18 Å². The summed E-state index contributed by atoms with van der Waals surface area (Å²) >= 11 is 5.74. The highest BCUT2D eigenvalue weighted by molar-refractivity contribution is 6.31. The zero-order valence-corrected chi connectivity index (χ0v) is 11.9. The Kier molecular flexibility index (Phi) is 4.61. The Hall–Kier alpha value is -2.21. The lowest BCUT2D eigenvalue weighted by atomic mass is 10.1. The van der Waals surface area contributed by atoms with Crippen LogP contribution in [0.1, 0.15) is 11.1 Å². The zero-order chi connectivity index (χ0) is 16.3. The van der Waals surface area contributed by atoms with Gasteiger partial charge in [-0.25, -0.2) is 0 Å². The summed E-state index contributed by atoms with van der Waals surface area (Å²) in [5.41, 5.74) is -0.498. The molecule has 0 saturated carbocycles. The van der Waals surface area contributed by atoms with Crippen molar-refractivity contribution >= 4 is 23.2 Å². The number of anilines is 1. The van der Waals surface area contributed by atoms with E-state index in [1.165, 1.54) is 30.3 Å². The van der Waals surface area contributed by atoms with Gasteiger partial charge in [0, 0.05) is 5.02 Å². The Morgan fingerprint density at radius 1 is 1.18 bits per heavy atom. The highest BCUT2D eigenvalue weighted by Crippen LogP contribution is 2.30. The number of hydrogen-bond acceptors (Lipinski definition) is 2. The van der Waals surface area contributed by atoms with Crippen molar-refractivity contribution in [1.29, 1.82) is 0 Å². The third-order valence-corrected chi connectivity index (χ3v) is 3.09. The number of phenolic OH excluding ortho intramolecular Hbond substituents is 1. The van der Waals surface area contributed by atoms with E-state index in [-0.39, 0.29) is 23.4 Å². The quantitative estimate of drug-likeness (QED) is 0.827. The molecule has 0 fully saturated rings. The van der Waals surface area contributed by atoms with Gasteiger partial charge in [0.25, 0.3) is 0 Å². The van der Waals surface area contributed by atoms with Gasteiger partial charge in [-0.2, -0.15) is 13.2 Å². The molecule has 0 spiro atoms. The zero-order valence-electron chi connectivity index (χ0n) is 11.1. The number of nitrogens with one attached hydrogen (secondary N) is 1. The first kappa shape index (κ1) is 16.2. The number of amides is 1. The van der Waals surface area contributed by atoms with Gasteiger partial charge < -0.3 is 10.4 Å². The third-order valence-electron chi connectivity index (χ3n) is 2.85. The van der Waals surface area contributed by atoms with Crippen LogP contribution in [0.5, 0.6) is 5.75 Å². The van der Waals surface area contributed by atoms with Crippen LogP contribution >= 0.6 is 11.6 Å². The number of alkyl halides is 3. The van der Waals surface area contributed by atoms with Crippen molar-refractivity contribution in [2.75, 3.05) is 5.32 Å². The Balaban J connectivity index is 2.11. The number of halogens is 4. The molecule has 0 aromatic heterocycles. The number of carbonyl (C=O) groups is 1. The summed E-state index contributed by atoms with van der Waals surface area (Å²) in [5.74, 6) is -0.737.